The second kappa shape index (κ2) is 7.54. The van der Waals surface area contributed by atoms with Gasteiger partial charge in [0.1, 0.15) is 17.3 Å². The highest BCUT2D eigenvalue weighted by Gasteiger charge is 2.57. The van der Waals surface area contributed by atoms with Crippen LogP contribution < -0.4 is 4.90 Å². The number of halogens is 4. The first-order valence-electron chi connectivity index (χ1n) is 9.35. The minimum absolute atomic E-state index is 0.00155. The van der Waals surface area contributed by atoms with E-state index in [9.17, 15) is 32.6 Å². The van der Waals surface area contributed by atoms with Crippen molar-refractivity contribution < 1.29 is 32.6 Å². The fraction of sp³-hybridized carbons (Fsp3) is 0.429. The molecule has 1 aromatic heterocycles. The fourth-order valence-corrected chi connectivity index (χ4v) is 3.94. The Kier molecular flexibility index (Phi) is 5.53. The molecule has 0 amide bonds. The molecular weight excluding hydrogens is 404 g/mol. The smallest absolute Gasteiger partial charge is 0.418 e. The van der Waals surface area contributed by atoms with Crippen molar-refractivity contribution in [1.29, 1.82) is 0 Å². The number of carbonyl (C=O) groups excluding carboxylic acids is 1. The van der Waals surface area contributed by atoms with Crippen molar-refractivity contribution in [2.75, 3.05) is 18.0 Å². The normalized spacial score (nSPS) is 16.9. The number of hydrogen-bond acceptors (Lipinski definition) is 5. The molecule has 2 N–H and O–H groups in total. The van der Waals surface area contributed by atoms with Crippen molar-refractivity contribution in [3.63, 3.8) is 0 Å². The summed E-state index contributed by atoms with van der Waals surface area (Å²) in [5.41, 5.74) is -4.36. The van der Waals surface area contributed by atoms with Crippen molar-refractivity contribution >= 4 is 11.5 Å². The number of hydrogen-bond donors (Lipinski definition) is 2. The quantitative estimate of drug-likeness (QED) is 0.708. The first-order chi connectivity index (χ1) is 13.8. The Morgan fingerprint density at radius 3 is 2.57 bits per heavy atom. The van der Waals surface area contributed by atoms with Crippen molar-refractivity contribution in [1.82, 2.24) is 4.98 Å². The number of anilines is 1. The maximum absolute atomic E-state index is 14.0. The second-order valence-corrected chi connectivity index (χ2v) is 8.22. The van der Waals surface area contributed by atoms with Crippen molar-refractivity contribution in [2.24, 2.45) is 0 Å². The van der Waals surface area contributed by atoms with Gasteiger partial charge in [0.05, 0.1) is 12.2 Å². The Morgan fingerprint density at radius 1 is 1.20 bits per heavy atom. The molecule has 30 heavy (non-hydrogen) atoms. The van der Waals surface area contributed by atoms with E-state index in [2.05, 4.69) is 4.98 Å². The van der Waals surface area contributed by atoms with Gasteiger partial charge in [-0.05, 0) is 42.2 Å². The second-order valence-electron chi connectivity index (χ2n) is 8.22. The first-order valence-corrected chi connectivity index (χ1v) is 9.35. The summed E-state index contributed by atoms with van der Waals surface area (Å²) in [6, 6.07) is 6.02. The number of alkyl halides is 3. The third kappa shape index (κ3) is 4.12. The Hall–Kier alpha value is -2.68. The SMILES string of the molecule is CC(C)(CC(O)(CN1CCC(=O)c2ncccc21)C(F)(F)F)c1cc(F)ccc1O. The van der Waals surface area contributed by atoms with Crippen LogP contribution in [-0.4, -0.2) is 45.8 Å². The maximum atomic E-state index is 14.0. The zero-order valence-electron chi connectivity index (χ0n) is 16.5. The molecule has 0 bridgehead atoms. The van der Waals surface area contributed by atoms with Crippen LogP contribution in [0.1, 0.15) is 42.7 Å². The zero-order valence-corrected chi connectivity index (χ0v) is 16.5. The summed E-state index contributed by atoms with van der Waals surface area (Å²) < 4.78 is 55.8. The van der Waals surface area contributed by atoms with Gasteiger partial charge < -0.3 is 15.1 Å². The Morgan fingerprint density at radius 2 is 1.90 bits per heavy atom. The van der Waals surface area contributed by atoms with Crippen molar-refractivity contribution in [3.05, 3.63) is 53.6 Å². The topological polar surface area (TPSA) is 73.7 Å². The molecule has 0 radical (unpaired) electrons. The summed E-state index contributed by atoms with van der Waals surface area (Å²) in [6.45, 7) is 1.96. The van der Waals surface area contributed by atoms with E-state index in [-0.39, 0.29) is 41.4 Å². The molecule has 162 valence electrons. The van der Waals surface area contributed by atoms with Crippen LogP contribution >= 0.6 is 0 Å². The minimum Gasteiger partial charge on any atom is -0.508 e. The molecule has 9 heteroatoms. The molecule has 5 nitrogen and oxygen atoms in total. The molecule has 3 rings (SSSR count). The number of ketones is 1. The molecule has 1 aliphatic heterocycles. The lowest BCUT2D eigenvalue weighted by atomic mass is 9.74. The van der Waals surface area contributed by atoms with E-state index in [0.29, 0.717) is 0 Å². The Bertz CT molecular complexity index is 962. The van der Waals surface area contributed by atoms with Crippen LogP contribution in [0.4, 0.5) is 23.2 Å². The van der Waals surface area contributed by atoms with E-state index in [0.717, 1.165) is 18.2 Å². The summed E-state index contributed by atoms with van der Waals surface area (Å²) in [5, 5.41) is 20.9. The number of nitrogens with zero attached hydrogens (tertiary/aromatic N) is 2. The molecule has 1 atom stereocenters. The van der Waals surface area contributed by atoms with E-state index in [1.165, 1.54) is 37.1 Å². The predicted molar refractivity (Wildman–Crippen MR) is 102 cm³/mol. The third-order valence-electron chi connectivity index (χ3n) is 5.40. The molecule has 0 saturated heterocycles. The Balaban J connectivity index is 1.97. The fourth-order valence-electron chi connectivity index (χ4n) is 3.94. The molecule has 2 aromatic rings. The molecule has 2 heterocycles. The molecule has 0 aliphatic carbocycles. The third-order valence-corrected chi connectivity index (χ3v) is 5.40. The van der Waals surface area contributed by atoms with Gasteiger partial charge in [0.25, 0.3) is 0 Å². The summed E-state index contributed by atoms with van der Waals surface area (Å²) in [6.07, 6.45) is -4.49. The summed E-state index contributed by atoms with van der Waals surface area (Å²) in [7, 11) is 0. The number of aromatic hydroxyl groups is 1. The molecular formula is C21H22F4N2O3. The predicted octanol–water partition coefficient (Wildman–Crippen LogP) is 3.98. The molecule has 1 aromatic carbocycles. The number of pyridine rings is 1. The molecule has 0 fully saturated rings. The molecule has 0 saturated carbocycles. The lowest BCUT2D eigenvalue weighted by molar-refractivity contribution is -0.262. The standard InChI is InChI=1S/C21H22F4N2O3/c1-19(2,14-10-13(22)5-6-16(14)28)11-20(30,21(23,24)25)12-27-9-7-17(29)18-15(27)4-3-8-26-18/h3-6,8,10,28,30H,7,9,11-12H2,1-2H3. The highest BCUT2D eigenvalue weighted by atomic mass is 19.4. The maximum Gasteiger partial charge on any atom is 0.418 e. The van der Waals surface area contributed by atoms with E-state index in [1.54, 1.807) is 0 Å². The number of β-amino-alcohol motifs (C(OH)–C–C–N with tert-alkyl or cyclic N) is 1. The molecule has 1 unspecified atom stereocenters. The molecule has 1 aliphatic rings. The monoisotopic (exact) mass is 426 g/mol. The average Bonchev–Trinajstić information content (AvgIpc) is 2.65. The average molecular weight is 426 g/mol. The number of benzene rings is 1. The van der Waals surface area contributed by atoms with Crippen molar-refractivity contribution in [3.8, 4) is 5.75 Å². The van der Waals surface area contributed by atoms with Crippen LogP contribution in [0.3, 0.4) is 0 Å². The number of carbonyl (C=O) groups is 1. The van der Waals surface area contributed by atoms with Gasteiger partial charge in [-0.2, -0.15) is 13.2 Å². The van der Waals surface area contributed by atoms with E-state index in [1.807, 2.05) is 0 Å². The highest BCUT2D eigenvalue weighted by Crippen LogP contribution is 2.44. The van der Waals surface area contributed by atoms with E-state index in [4.69, 9.17) is 0 Å². The van der Waals surface area contributed by atoms with Gasteiger partial charge >= 0.3 is 6.18 Å². The Labute approximate surface area is 171 Å². The van der Waals surface area contributed by atoms with Crippen LogP contribution in [0, 0.1) is 5.82 Å². The summed E-state index contributed by atoms with van der Waals surface area (Å²) in [5.74, 6) is -1.34. The van der Waals surface area contributed by atoms with Crippen LogP contribution in [0.25, 0.3) is 0 Å². The van der Waals surface area contributed by atoms with Crippen LogP contribution in [0.15, 0.2) is 36.5 Å². The van der Waals surface area contributed by atoms with Crippen LogP contribution in [-0.2, 0) is 5.41 Å². The van der Waals surface area contributed by atoms with Gasteiger partial charge in [-0.15, -0.1) is 0 Å². The number of phenolic OH excluding ortho intramolecular Hbond substituents is 1. The van der Waals surface area contributed by atoms with Gasteiger partial charge in [0, 0.05) is 24.7 Å². The lowest BCUT2D eigenvalue weighted by Crippen LogP contribution is -2.57. The largest absolute Gasteiger partial charge is 0.508 e. The van der Waals surface area contributed by atoms with E-state index >= 15 is 0 Å². The number of aliphatic hydroxyl groups is 1. The molecule has 0 spiro atoms. The minimum atomic E-state index is -5.02. The van der Waals surface area contributed by atoms with Gasteiger partial charge in [-0.1, -0.05) is 13.8 Å². The lowest BCUT2D eigenvalue weighted by Gasteiger charge is -2.42. The number of Topliss-reactive ketones (excluding diaryl/α,β-unsaturated/α-hetero) is 1. The van der Waals surface area contributed by atoms with Gasteiger partial charge in [-0.3, -0.25) is 9.78 Å². The number of fused-ring (bicyclic) bond motifs is 1. The van der Waals surface area contributed by atoms with Gasteiger partial charge in [-0.25, -0.2) is 4.39 Å². The van der Waals surface area contributed by atoms with Gasteiger partial charge in [0.15, 0.2) is 11.4 Å². The first kappa shape index (κ1) is 22.0. The number of phenols is 1. The van der Waals surface area contributed by atoms with Crippen LogP contribution in [0.5, 0.6) is 5.75 Å². The van der Waals surface area contributed by atoms with Crippen molar-refractivity contribution in [2.45, 2.75) is 43.9 Å². The summed E-state index contributed by atoms with van der Waals surface area (Å²) >= 11 is 0. The van der Waals surface area contributed by atoms with E-state index < -0.39 is 36.0 Å². The highest BCUT2D eigenvalue weighted by molar-refractivity contribution is 6.01. The van der Waals surface area contributed by atoms with Crippen LogP contribution in [0.2, 0.25) is 0 Å². The van der Waals surface area contributed by atoms with Gasteiger partial charge in [0.2, 0.25) is 0 Å². The zero-order chi connectivity index (χ0) is 22.3. The number of rotatable bonds is 5. The number of aromatic nitrogens is 1. The summed E-state index contributed by atoms with van der Waals surface area (Å²) in [4.78, 5) is 17.3.